The van der Waals surface area contributed by atoms with Crippen molar-refractivity contribution in [2.75, 3.05) is 10.6 Å². The lowest BCUT2D eigenvalue weighted by atomic mass is 9.92. The Labute approximate surface area is 194 Å². The van der Waals surface area contributed by atoms with E-state index in [0.29, 0.717) is 30.6 Å². The lowest BCUT2D eigenvalue weighted by Gasteiger charge is -2.27. The van der Waals surface area contributed by atoms with Gasteiger partial charge in [-0.2, -0.15) is 9.97 Å². The van der Waals surface area contributed by atoms with Crippen molar-refractivity contribution in [1.29, 1.82) is 0 Å². The van der Waals surface area contributed by atoms with Gasteiger partial charge in [0.15, 0.2) is 17.0 Å². The van der Waals surface area contributed by atoms with Crippen LogP contribution >= 0.6 is 24.8 Å². The van der Waals surface area contributed by atoms with Gasteiger partial charge in [-0.1, -0.05) is 12.8 Å². The number of hydrogen-bond donors (Lipinski definition) is 3. The highest BCUT2D eigenvalue weighted by Gasteiger charge is 2.23. The van der Waals surface area contributed by atoms with Gasteiger partial charge in [0, 0.05) is 18.1 Å². The van der Waals surface area contributed by atoms with Crippen molar-refractivity contribution in [2.24, 2.45) is 5.73 Å². The molecule has 0 saturated heterocycles. The van der Waals surface area contributed by atoms with Gasteiger partial charge in [0.25, 0.3) is 0 Å². The van der Waals surface area contributed by atoms with Crippen LogP contribution in [0.15, 0.2) is 29.1 Å². The van der Waals surface area contributed by atoms with Crippen LogP contribution < -0.4 is 16.4 Å². The molecule has 3 heterocycles. The molecule has 31 heavy (non-hydrogen) atoms. The largest absolute Gasteiger partial charge is 0.467 e. The van der Waals surface area contributed by atoms with Gasteiger partial charge in [-0.25, -0.2) is 4.98 Å². The molecule has 0 radical (unpaired) electrons. The van der Waals surface area contributed by atoms with E-state index in [4.69, 9.17) is 20.1 Å². The predicted octanol–water partition coefficient (Wildman–Crippen LogP) is 4.67. The molecule has 4 N–H and O–H groups in total. The van der Waals surface area contributed by atoms with E-state index in [0.717, 1.165) is 48.4 Å². The van der Waals surface area contributed by atoms with E-state index < -0.39 is 0 Å². The van der Waals surface area contributed by atoms with E-state index in [1.165, 1.54) is 25.7 Å². The van der Waals surface area contributed by atoms with Gasteiger partial charge >= 0.3 is 0 Å². The Morgan fingerprint density at radius 1 is 1.06 bits per heavy atom. The first-order valence-corrected chi connectivity index (χ1v) is 10.8. The molecule has 0 bridgehead atoms. The van der Waals surface area contributed by atoms with E-state index in [1.807, 2.05) is 18.5 Å². The van der Waals surface area contributed by atoms with E-state index in [2.05, 4.69) is 20.2 Å². The summed E-state index contributed by atoms with van der Waals surface area (Å²) < 4.78 is 7.70. The van der Waals surface area contributed by atoms with Crippen molar-refractivity contribution in [1.82, 2.24) is 19.5 Å². The Morgan fingerprint density at radius 3 is 2.55 bits per heavy atom. The molecule has 0 unspecified atom stereocenters. The smallest absolute Gasteiger partial charge is 0.227 e. The third-order valence-corrected chi connectivity index (χ3v) is 6.25. The third kappa shape index (κ3) is 5.25. The molecule has 5 rings (SSSR count). The molecule has 2 fully saturated rings. The van der Waals surface area contributed by atoms with Gasteiger partial charge in [-0.15, -0.1) is 24.8 Å². The fourth-order valence-corrected chi connectivity index (χ4v) is 4.58. The topological polar surface area (TPSA) is 107 Å². The number of fused-ring (bicyclic) bond motifs is 1. The van der Waals surface area contributed by atoms with Crippen LogP contribution in [0.4, 0.5) is 11.8 Å². The van der Waals surface area contributed by atoms with Crippen molar-refractivity contribution >= 4 is 47.7 Å². The molecule has 8 nitrogen and oxygen atoms in total. The minimum atomic E-state index is 0. The van der Waals surface area contributed by atoms with Crippen molar-refractivity contribution in [2.45, 2.75) is 76.0 Å². The summed E-state index contributed by atoms with van der Waals surface area (Å²) in [6, 6.07) is 5.02. The summed E-state index contributed by atoms with van der Waals surface area (Å²) >= 11 is 0. The molecule has 2 aliphatic rings. The van der Waals surface area contributed by atoms with Gasteiger partial charge in [0.1, 0.15) is 5.76 Å². The lowest BCUT2D eigenvalue weighted by Crippen LogP contribution is -2.33. The quantitative estimate of drug-likeness (QED) is 0.483. The first-order valence-electron chi connectivity index (χ1n) is 10.8. The SMILES string of the molecule is Cl.Cl.N[C@H]1CC[C@H](Nc2nc(NCc3ccco3)c3ncn(C4CCCC4)c3n2)CC1. The van der Waals surface area contributed by atoms with E-state index in [1.54, 1.807) is 6.26 Å². The Bertz CT molecular complexity index is 948. The number of halogens is 2. The summed E-state index contributed by atoms with van der Waals surface area (Å²) in [5.41, 5.74) is 7.79. The minimum absolute atomic E-state index is 0. The molecular formula is C21H31Cl2N7O. The monoisotopic (exact) mass is 467 g/mol. The third-order valence-electron chi connectivity index (χ3n) is 6.25. The number of aromatic nitrogens is 4. The first-order chi connectivity index (χ1) is 14.3. The zero-order chi connectivity index (χ0) is 19.6. The highest BCUT2D eigenvalue weighted by molar-refractivity contribution is 5.86. The number of hydrogen-bond acceptors (Lipinski definition) is 7. The van der Waals surface area contributed by atoms with Gasteiger partial charge in [-0.05, 0) is 50.7 Å². The minimum Gasteiger partial charge on any atom is -0.467 e. The number of nitrogens with two attached hydrogens (primary N) is 1. The Kier molecular flexibility index (Phi) is 8.02. The van der Waals surface area contributed by atoms with Crippen LogP contribution in [0.3, 0.4) is 0 Å². The first kappa shape index (κ1) is 23.6. The van der Waals surface area contributed by atoms with Crippen molar-refractivity contribution < 1.29 is 4.42 Å². The summed E-state index contributed by atoms with van der Waals surface area (Å²) in [5.74, 6) is 2.28. The number of nitrogens with zero attached hydrogens (tertiary/aromatic N) is 4. The van der Waals surface area contributed by atoms with Crippen molar-refractivity contribution in [3.05, 3.63) is 30.5 Å². The van der Waals surface area contributed by atoms with Crippen LogP contribution in [0.25, 0.3) is 11.2 Å². The van der Waals surface area contributed by atoms with Crippen LogP contribution in [0, 0.1) is 0 Å². The maximum absolute atomic E-state index is 6.06. The molecule has 3 aromatic rings. The van der Waals surface area contributed by atoms with E-state index >= 15 is 0 Å². The standard InChI is InChI=1S/C21H29N7O.2ClH/c22-14-7-9-15(10-8-14)25-21-26-19(23-12-17-6-3-11-29-17)18-20(27-21)28(13-24-18)16-4-1-2-5-16;;/h3,6,11,13-16H,1-2,4-5,7-10,12,22H2,(H2,23,25,26,27);2*1H/t14-,15-;;. The van der Waals surface area contributed by atoms with Crippen LogP contribution in [-0.4, -0.2) is 31.6 Å². The van der Waals surface area contributed by atoms with Gasteiger partial charge in [-0.3, -0.25) is 0 Å². The molecular weight excluding hydrogens is 437 g/mol. The molecule has 0 atom stereocenters. The highest BCUT2D eigenvalue weighted by atomic mass is 35.5. The van der Waals surface area contributed by atoms with E-state index in [-0.39, 0.29) is 24.8 Å². The number of nitrogens with one attached hydrogen (secondary N) is 2. The molecule has 170 valence electrons. The Hall–Kier alpha value is -2.03. The zero-order valence-electron chi connectivity index (χ0n) is 17.5. The number of imidazole rings is 1. The summed E-state index contributed by atoms with van der Waals surface area (Å²) in [6.07, 6.45) is 12.7. The average molecular weight is 468 g/mol. The number of rotatable bonds is 6. The van der Waals surface area contributed by atoms with Gasteiger partial charge in [0.2, 0.25) is 5.95 Å². The van der Waals surface area contributed by atoms with Gasteiger partial charge in [0.05, 0.1) is 19.1 Å². The molecule has 10 heteroatoms. The second-order valence-corrected chi connectivity index (χ2v) is 8.35. The Balaban J connectivity index is 0.00000136. The molecule has 0 amide bonds. The van der Waals surface area contributed by atoms with Crippen LogP contribution in [0.2, 0.25) is 0 Å². The fourth-order valence-electron chi connectivity index (χ4n) is 4.58. The second kappa shape index (κ2) is 10.5. The normalized spacial score (nSPS) is 21.5. The molecule has 3 aromatic heterocycles. The molecule has 0 aliphatic heterocycles. The number of furan rings is 1. The predicted molar refractivity (Wildman–Crippen MR) is 127 cm³/mol. The summed E-state index contributed by atoms with van der Waals surface area (Å²) in [5, 5.41) is 6.95. The fraction of sp³-hybridized carbons (Fsp3) is 0.571. The van der Waals surface area contributed by atoms with Crippen LogP contribution in [-0.2, 0) is 6.54 Å². The zero-order valence-corrected chi connectivity index (χ0v) is 19.1. The summed E-state index contributed by atoms with van der Waals surface area (Å²) in [4.78, 5) is 14.3. The lowest BCUT2D eigenvalue weighted by molar-refractivity contribution is 0.410. The Morgan fingerprint density at radius 2 is 1.84 bits per heavy atom. The number of anilines is 2. The van der Waals surface area contributed by atoms with Crippen LogP contribution in [0.1, 0.15) is 63.2 Å². The molecule has 0 aromatic carbocycles. The maximum Gasteiger partial charge on any atom is 0.227 e. The summed E-state index contributed by atoms with van der Waals surface area (Å²) in [6.45, 7) is 0.563. The van der Waals surface area contributed by atoms with E-state index in [9.17, 15) is 0 Å². The van der Waals surface area contributed by atoms with Crippen LogP contribution in [0.5, 0.6) is 0 Å². The average Bonchev–Trinajstić information content (AvgIpc) is 3.49. The van der Waals surface area contributed by atoms with Crippen molar-refractivity contribution in [3.63, 3.8) is 0 Å². The van der Waals surface area contributed by atoms with Gasteiger partial charge < -0.3 is 25.4 Å². The van der Waals surface area contributed by atoms with Crippen molar-refractivity contribution in [3.8, 4) is 0 Å². The highest BCUT2D eigenvalue weighted by Crippen LogP contribution is 2.33. The molecule has 2 saturated carbocycles. The molecule has 2 aliphatic carbocycles. The maximum atomic E-state index is 6.06. The summed E-state index contributed by atoms with van der Waals surface area (Å²) in [7, 11) is 0. The molecule has 0 spiro atoms. The second-order valence-electron chi connectivity index (χ2n) is 8.35.